The number of benzene rings is 2. The molecule has 4 rings (SSSR count). The van der Waals surface area contributed by atoms with Crippen LogP contribution in [0.1, 0.15) is 5.56 Å². The van der Waals surface area contributed by atoms with Gasteiger partial charge in [-0.1, -0.05) is 6.07 Å². The quantitative estimate of drug-likeness (QED) is 0.315. The van der Waals surface area contributed by atoms with Crippen molar-refractivity contribution >= 4 is 27.7 Å². The van der Waals surface area contributed by atoms with E-state index < -0.39 is 10.5 Å². The number of aryl methyl sites for hydroxylation is 1. The van der Waals surface area contributed by atoms with Gasteiger partial charge in [-0.2, -0.15) is 0 Å². The number of nitro benzene ring substituents is 1. The molecule has 7 nitrogen and oxygen atoms in total. The highest BCUT2D eigenvalue weighted by Gasteiger charge is 2.13. The third-order valence-electron chi connectivity index (χ3n) is 3.90. The summed E-state index contributed by atoms with van der Waals surface area (Å²) in [6.07, 6.45) is 1.49. The fraction of sp³-hybridized carbons (Fsp3) is 0.0556. The first-order chi connectivity index (χ1) is 12.0. The number of rotatable bonds is 2. The summed E-state index contributed by atoms with van der Waals surface area (Å²) in [5, 5.41) is 11.4. The second-order valence-corrected chi connectivity index (χ2v) is 5.67. The van der Waals surface area contributed by atoms with Gasteiger partial charge in [0.05, 0.1) is 33.4 Å². The van der Waals surface area contributed by atoms with E-state index in [2.05, 4.69) is 9.97 Å². The number of nitro groups is 1. The van der Waals surface area contributed by atoms with Crippen LogP contribution in [0, 0.1) is 17.0 Å². The zero-order valence-corrected chi connectivity index (χ0v) is 13.1. The first-order valence-electron chi connectivity index (χ1n) is 7.47. The first kappa shape index (κ1) is 14.9. The van der Waals surface area contributed by atoms with Crippen molar-refractivity contribution in [2.75, 3.05) is 0 Å². The Kier molecular flexibility index (Phi) is 3.28. The predicted octanol–water partition coefficient (Wildman–Crippen LogP) is 3.62. The van der Waals surface area contributed by atoms with Gasteiger partial charge < -0.3 is 4.42 Å². The number of hydrogen-bond donors (Lipinski definition) is 0. The average Bonchev–Trinajstić information content (AvgIpc) is 2.60. The predicted molar refractivity (Wildman–Crippen MR) is 92.4 cm³/mol. The lowest BCUT2D eigenvalue weighted by Crippen LogP contribution is -2.04. The summed E-state index contributed by atoms with van der Waals surface area (Å²) in [7, 11) is 0. The number of fused-ring (bicyclic) bond motifs is 2. The summed E-state index contributed by atoms with van der Waals surface area (Å²) >= 11 is 0. The van der Waals surface area contributed by atoms with E-state index in [0.717, 1.165) is 11.1 Å². The molecule has 0 bridgehead atoms. The Morgan fingerprint density at radius 1 is 1.08 bits per heavy atom. The van der Waals surface area contributed by atoms with Gasteiger partial charge in [-0.3, -0.25) is 15.1 Å². The van der Waals surface area contributed by atoms with E-state index in [9.17, 15) is 14.9 Å². The Bertz CT molecular complexity index is 1210. The normalized spacial score (nSPS) is 11.1. The molecule has 2 heterocycles. The van der Waals surface area contributed by atoms with Crippen LogP contribution < -0.4 is 5.63 Å². The summed E-state index contributed by atoms with van der Waals surface area (Å²) in [5.74, 6) is 0. The molecule has 0 aliphatic heterocycles. The smallest absolute Gasteiger partial charge is 0.345 e. The lowest BCUT2D eigenvalue weighted by Gasteiger charge is -2.04. The van der Waals surface area contributed by atoms with Crippen LogP contribution >= 0.6 is 0 Å². The number of non-ortho nitro benzene ring substituents is 1. The zero-order valence-electron chi connectivity index (χ0n) is 13.1. The van der Waals surface area contributed by atoms with Crippen molar-refractivity contribution in [1.82, 2.24) is 9.97 Å². The molecule has 0 unspecified atom stereocenters. The Labute approximate surface area is 140 Å². The second-order valence-electron chi connectivity index (χ2n) is 5.67. The molecule has 4 aromatic rings. The van der Waals surface area contributed by atoms with E-state index in [1.165, 1.54) is 24.4 Å². The van der Waals surface area contributed by atoms with E-state index >= 15 is 0 Å². The zero-order chi connectivity index (χ0) is 17.6. The van der Waals surface area contributed by atoms with Crippen molar-refractivity contribution in [3.05, 3.63) is 74.8 Å². The van der Waals surface area contributed by atoms with Gasteiger partial charge in [0.25, 0.3) is 5.69 Å². The van der Waals surface area contributed by atoms with Crippen molar-refractivity contribution < 1.29 is 9.34 Å². The van der Waals surface area contributed by atoms with Gasteiger partial charge >= 0.3 is 5.63 Å². The molecule has 0 spiro atoms. The van der Waals surface area contributed by atoms with Gasteiger partial charge in [0.1, 0.15) is 5.58 Å². The SMILES string of the molecule is Cc1ccc2ncc(-c3cc4cc([N+](=O)[O-])ccc4oc3=O)nc2c1. The van der Waals surface area contributed by atoms with Crippen molar-refractivity contribution in [2.45, 2.75) is 6.92 Å². The lowest BCUT2D eigenvalue weighted by atomic mass is 10.1. The third-order valence-corrected chi connectivity index (χ3v) is 3.90. The molecule has 0 aliphatic rings. The molecule has 122 valence electrons. The standard InChI is InChI=1S/C18H11N3O4/c1-10-2-4-14-15(6-10)20-16(9-19-14)13-8-11-7-12(21(23)24)3-5-17(11)25-18(13)22/h2-9H,1H3. The Balaban J connectivity index is 1.94. The first-order valence-corrected chi connectivity index (χ1v) is 7.47. The van der Waals surface area contributed by atoms with E-state index in [1.54, 1.807) is 6.07 Å². The van der Waals surface area contributed by atoms with Crippen LogP contribution in [-0.2, 0) is 0 Å². The Morgan fingerprint density at radius 3 is 2.72 bits per heavy atom. The lowest BCUT2D eigenvalue weighted by molar-refractivity contribution is -0.384. The summed E-state index contributed by atoms with van der Waals surface area (Å²) in [4.78, 5) is 31.5. The van der Waals surface area contributed by atoms with Crippen LogP contribution in [0.5, 0.6) is 0 Å². The van der Waals surface area contributed by atoms with Crippen LogP contribution in [0.2, 0.25) is 0 Å². The maximum atomic E-state index is 12.3. The van der Waals surface area contributed by atoms with Crippen molar-refractivity contribution in [2.24, 2.45) is 0 Å². The highest BCUT2D eigenvalue weighted by molar-refractivity contribution is 5.84. The number of nitrogens with zero attached hydrogens (tertiary/aromatic N) is 3. The van der Waals surface area contributed by atoms with Crippen molar-refractivity contribution in [1.29, 1.82) is 0 Å². The topological polar surface area (TPSA) is 99.1 Å². The molecule has 0 radical (unpaired) electrons. The van der Waals surface area contributed by atoms with Crippen LogP contribution in [0.4, 0.5) is 5.69 Å². The van der Waals surface area contributed by atoms with E-state index in [4.69, 9.17) is 4.42 Å². The minimum absolute atomic E-state index is 0.0764. The van der Waals surface area contributed by atoms with Crippen LogP contribution in [-0.4, -0.2) is 14.9 Å². The van der Waals surface area contributed by atoms with Crippen molar-refractivity contribution in [3.8, 4) is 11.3 Å². The molecule has 7 heteroatoms. The molecule has 0 saturated carbocycles. The van der Waals surface area contributed by atoms with E-state index in [0.29, 0.717) is 16.6 Å². The fourth-order valence-electron chi connectivity index (χ4n) is 2.65. The summed E-state index contributed by atoms with van der Waals surface area (Å²) < 4.78 is 5.27. The maximum absolute atomic E-state index is 12.3. The van der Waals surface area contributed by atoms with Gasteiger partial charge in [0.15, 0.2) is 0 Å². The molecular weight excluding hydrogens is 322 g/mol. The van der Waals surface area contributed by atoms with Gasteiger partial charge in [-0.15, -0.1) is 0 Å². The average molecular weight is 333 g/mol. The summed E-state index contributed by atoms with van der Waals surface area (Å²) in [6.45, 7) is 1.94. The highest BCUT2D eigenvalue weighted by Crippen LogP contribution is 2.24. The molecule has 0 amide bonds. The van der Waals surface area contributed by atoms with Crippen molar-refractivity contribution in [3.63, 3.8) is 0 Å². The monoisotopic (exact) mass is 333 g/mol. The van der Waals surface area contributed by atoms with Gasteiger partial charge in [-0.05, 0) is 36.8 Å². The number of aromatic nitrogens is 2. The second kappa shape index (κ2) is 5.48. The minimum atomic E-state index is -0.567. The van der Waals surface area contributed by atoms with Gasteiger partial charge in [-0.25, -0.2) is 9.78 Å². The largest absolute Gasteiger partial charge is 0.422 e. The highest BCUT2D eigenvalue weighted by atomic mass is 16.6. The molecule has 25 heavy (non-hydrogen) atoms. The minimum Gasteiger partial charge on any atom is -0.422 e. The van der Waals surface area contributed by atoms with E-state index in [1.807, 2.05) is 25.1 Å². The Morgan fingerprint density at radius 2 is 1.92 bits per heavy atom. The number of hydrogen-bond acceptors (Lipinski definition) is 6. The molecular formula is C18H11N3O4. The Hall–Kier alpha value is -3.61. The molecule has 0 saturated heterocycles. The molecule has 0 fully saturated rings. The molecule has 0 aliphatic carbocycles. The van der Waals surface area contributed by atoms with Crippen LogP contribution in [0.25, 0.3) is 33.3 Å². The maximum Gasteiger partial charge on any atom is 0.345 e. The van der Waals surface area contributed by atoms with Gasteiger partial charge in [0, 0.05) is 17.5 Å². The third kappa shape index (κ3) is 2.61. The molecule has 2 aromatic carbocycles. The fourth-order valence-corrected chi connectivity index (χ4v) is 2.65. The summed E-state index contributed by atoms with van der Waals surface area (Å²) in [5.41, 5.74) is 2.62. The molecule has 2 aromatic heterocycles. The molecule has 0 N–H and O–H groups in total. The summed E-state index contributed by atoms with van der Waals surface area (Å²) in [6, 6.07) is 11.3. The van der Waals surface area contributed by atoms with Crippen LogP contribution in [0.3, 0.4) is 0 Å². The van der Waals surface area contributed by atoms with E-state index in [-0.39, 0.29) is 16.8 Å². The molecule has 0 atom stereocenters. The van der Waals surface area contributed by atoms with Crippen LogP contribution in [0.15, 0.2) is 57.9 Å². The van der Waals surface area contributed by atoms with Gasteiger partial charge in [0.2, 0.25) is 0 Å².